The average molecular weight is 803 g/mol. The zero-order valence-electron chi connectivity index (χ0n) is 36.3. The fourth-order valence-corrected chi connectivity index (χ4v) is 10.0. The fourth-order valence-electron chi connectivity index (χ4n) is 10.0. The zero-order valence-corrected chi connectivity index (χ0v) is 33.3. The number of rotatable bonds is 10. The molecule has 306 valence electrons. The van der Waals surface area contributed by atoms with Gasteiger partial charge in [0, 0.05) is 97.4 Å². The minimum atomic E-state index is -2.67. The van der Waals surface area contributed by atoms with Crippen LogP contribution in [0, 0.1) is 11.3 Å². The molecule has 5 aliphatic heterocycles. The molecule has 10 rings (SSSR count). The number of nitrogens with one attached hydrogen (secondary N) is 1. The van der Waals surface area contributed by atoms with Gasteiger partial charge in [-0.25, -0.2) is 0 Å². The Balaban J connectivity index is 0.753. The van der Waals surface area contributed by atoms with E-state index in [-0.39, 0.29) is 23.6 Å². The van der Waals surface area contributed by atoms with Gasteiger partial charge in [0.25, 0.3) is 17.4 Å². The van der Waals surface area contributed by atoms with Gasteiger partial charge in [-0.2, -0.15) is 0 Å². The van der Waals surface area contributed by atoms with E-state index in [2.05, 4.69) is 25.0 Å². The molecule has 14 nitrogen and oxygen atoms in total. The molecular weight excluding hydrogens is 751 g/mol. The Morgan fingerprint density at radius 1 is 0.864 bits per heavy atom. The maximum absolute atomic E-state index is 13.4. The number of aryl methyl sites for hydroxylation is 1. The molecule has 1 atom stereocenters. The smallest absolute Gasteiger partial charge is 0.262 e. The number of ether oxygens (including phenoxy) is 2. The molecule has 14 heteroatoms. The molecule has 4 amide bonds. The Morgan fingerprint density at radius 2 is 1.59 bits per heavy atom. The Labute approximate surface area is 346 Å². The first-order valence-electron chi connectivity index (χ1n) is 22.1. The van der Waals surface area contributed by atoms with Crippen LogP contribution in [-0.4, -0.2) is 114 Å². The van der Waals surface area contributed by atoms with Gasteiger partial charge >= 0.3 is 0 Å². The normalized spacial score (nSPS) is 23.1. The number of imide groups is 2. The molecule has 2 aromatic heterocycles. The number of piperidine rings is 2. The lowest BCUT2D eigenvalue weighted by atomic mass is 9.71. The van der Waals surface area contributed by atoms with Gasteiger partial charge in [-0.05, 0) is 98.5 Å². The van der Waals surface area contributed by atoms with Crippen LogP contribution in [0.25, 0.3) is 21.9 Å². The van der Waals surface area contributed by atoms with Crippen LogP contribution in [0.4, 0.5) is 5.69 Å². The fraction of sp³-hybridized carbons (Fsp3) is 0.467. The number of amides is 4. The van der Waals surface area contributed by atoms with Crippen molar-refractivity contribution in [2.75, 3.05) is 64.9 Å². The third kappa shape index (κ3) is 6.56. The molecule has 5 fully saturated rings. The number of carbonyl (C=O) groups excluding carboxylic acids is 4. The number of pyridine rings is 2. The monoisotopic (exact) mass is 802 g/mol. The molecule has 1 spiro atoms. The number of nitrogens with zero attached hydrogens (tertiary/aromatic N) is 6. The van der Waals surface area contributed by atoms with Crippen LogP contribution in [0.5, 0.6) is 11.5 Å². The Morgan fingerprint density at radius 3 is 2.27 bits per heavy atom. The summed E-state index contributed by atoms with van der Waals surface area (Å²) in [6.45, 7) is 4.68. The van der Waals surface area contributed by atoms with Crippen LogP contribution in [0.3, 0.4) is 0 Å². The van der Waals surface area contributed by atoms with Gasteiger partial charge in [0.1, 0.15) is 17.5 Å². The molecule has 0 bridgehead atoms. The van der Waals surface area contributed by atoms with Crippen molar-refractivity contribution >= 4 is 40.1 Å². The van der Waals surface area contributed by atoms with Crippen molar-refractivity contribution in [3.63, 3.8) is 0 Å². The highest BCUT2D eigenvalue weighted by molar-refractivity contribution is 6.23. The molecule has 6 aliphatic rings. The van der Waals surface area contributed by atoms with Crippen LogP contribution in [-0.2, 0) is 23.1 Å². The van der Waals surface area contributed by atoms with Gasteiger partial charge in [0.05, 0.1) is 36.3 Å². The van der Waals surface area contributed by atoms with E-state index in [1.165, 1.54) is 12.4 Å². The molecule has 4 saturated heterocycles. The summed E-state index contributed by atoms with van der Waals surface area (Å²) in [5, 5.41) is 3.16. The van der Waals surface area contributed by atoms with E-state index in [0.717, 1.165) is 97.9 Å². The second-order valence-electron chi connectivity index (χ2n) is 17.4. The van der Waals surface area contributed by atoms with Crippen molar-refractivity contribution in [3.8, 4) is 22.6 Å². The maximum Gasteiger partial charge on any atom is 0.262 e. The SMILES string of the molecule is [2H]C([2H])([2H])n1cc(-c2cc(OC)c(CN3CC(CN4CCC5(CC4)CN(c4ccc6c(c4)C(=O)N(C4CCC(=O)NC4=O)C6=O)C5)C3)c(OC)c2)c2cc(C3CC3)ncc2c1=O. The van der Waals surface area contributed by atoms with Crippen LogP contribution >= 0.6 is 0 Å². The first kappa shape index (κ1) is 34.3. The Hall–Kier alpha value is -5.60. The van der Waals surface area contributed by atoms with E-state index < -0.39 is 42.2 Å². The standard InChI is InChI=1S/C45H49N7O7/c1-48-22-34(31-17-36(27-4-5-27)46-18-33(31)42(48)55)28-14-38(58-2)35(39(15-28)59-3)23-50-20-26(21-50)19-49-12-10-45(11-13-49)24-51(25-45)29-6-7-30-32(16-29)44(57)52(43(30)56)37-8-9-40(53)47-41(37)54/h6-7,14-18,22,26-27,37H,4-5,8-13,19-21,23-25H2,1-3H3,(H,47,53,54)/i1D3. The summed E-state index contributed by atoms with van der Waals surface area (Å²) >= 11 is 0. The number of benzene rings is 2. The zero-order chi connectivity index (χ0) is 43.2. The molecular formula is C45H49N7O7. The van der Waals surface area contributed by atoms with E-state index in [4.69, 9.17) is 13.6 Å². The lowest BCUT2D eigenvalue weighted by molar-refractivity contribution is -0.136. The van der Waals surface area contributed by atoms with Gasteiger partial charge in [0.15, 0.2) is 0 Å². The molecule has 1 N–H and O–H groups in total. The molecule has 1 aliphatic carbocycles. The number of fused-ring (bicyclic) bond motifs is 2. The number of methoxy groups -OCH3 is 2. The number of likely N-dealkylation sites (tertiary alicyclic amines) is 2. The van der Waals surface area contributed by atoms with E-state index in [1.807, 2.05) is 24.3 Å². The molecule has 7 heterocycles. The minimum Gasteiger partial charge on any atom is -0.496 e. The summed E-state index contributed by atoms with van der Waals surface area (Å²) in [4.78, 5) is 76.8. The molecule has 1 saturated carbocycles. The van der Waals surface area contributed by atoms with Gasteiger partial charge in [-0.1, -0.05) is 0 Å². The summed E-state index contributed by atoms with van der Waals surface area (Å²) in [5.41, 5.74) is 4.21. The third-order valence-corrected chi connectivity index (χ3v) is 13.5. The highest BCUT2D eigenvalue weighted by Gasteiger charge is 2.48. The summed E-state index contributed by atoms with van der Waals surface area (Å²) < 4.78 is 36.9. The molecule has 59 heavy (non-hydrogen) atoms. The van der Waals surface area contributed by atoms with Gasteiger partial charge in [0.2, 0.25) is 11.8 Å². The lowest BCUT2D eigenvalue weighted by Crippen LogP contribution is -2.61. The van der Waals surface area contributed by atoms with Crippen molar-refractivity contribution < 1.29 is 32.8 Å². The van der Waals surface area contributed by atoms with Gasteiger partial charge in [-0.15, -0.1) is 0 Å². The van der Waals surface area contributed by atoms with Crippen molar-refractivity contribution in [2.45, 2.75) is 57.0 Å². The predicted molar refractivity (Wildman–Crippen MR) is 220 cm³/mol. The number of hydrogen-bond acceptors (Lipinski definition) is 11. The number of anilines is 1. The topological polar surface area (TPSA) is 147 Å². The lowest BCUT2D eigenvalue weighted by Gasteiger charge is -2.55. The first-order valence-corrected chi connectivity index (χ1v) is 20.6. The van der Waals surface area contributed by atoms with Crippen LogP contribution in [0.1, 0.15) is 80.5 Å². The quantitative estimate of drug-likeness (QED) is 0.233. The second kappa shape index (κ2) is 14.3. The number of carbonyl (C=O) groups is 4. The molecule has 0 radical (unpaired) electrons. The summed E-state index contributed by atoms with van der Waals surface area (Å²) in [6.07, 6.45) is 7.41. The van der Waals surface area contributed by atoms with Crippen molar-refractivity contribution in [2.24, 2.45) is 18.3 Å². The van der Waals surface area contributed by atoms with Crippen LogP contribution in [0.2, 0.25) is 0 Å². The first-order chi connectivity index (χ1) is 29.7. The van der Waals surface area contributed by atoms with E-state index in [1.54, 1.807) is 26.4 Å². The van der Waals surface area contributed by atoms with Crippen LogP contribution < -0.4 is 25.2 Å². The number of aromatic nitrogens is 2. The maximum atomic E-state index is 13.4. The number of hydrogen-bond donors (Lipinski definition) is 1. The van der Waals surface area contributed by atoms with E-state index in [0.29, 0.717) is 57.5 Å². The van der Waals surface area contributed by atoms with Crippen LogP contribution in [0.15, 0.2) is 53.6 Å². The predicted octanol–water partition coefficient (Wildman–Crippen LogP) is 3.93. The Kier molecular flexibility index (Phi) is 8.31. The summed E-state index contributed by atoms with van der Waals surface area (Å²) in [7, 11) is 3.24. The van der Waals surface area contributed by atoms with Crippen molar-refractivity contribution in [1.29, 1.82) is 0 Å². The third-order valence-electron chi connectivity index (χ3n) is 13.5. The van der Waals surface area contributed by atoms with E-state index >= 15 is 0 Å². The highest BCUT2D eigenvalue weighted by atomic mass is 16.5. The van der Waals surface area contributed by atoms with E-state index in [9.17, 15) is 24.0 Å². The summed E-state index contributed by atoms with van der Waals surface area (Å²) in [6, 6.07) is 10.1. The average Bonchev–Trinajstić information content (AvgIpc) is 4.05. The Bertz CT molecular complexity index is 2580. The van der Waals surface area contributed by atoms with Gasteiger partial charge in [-0.3, -0.25) is 44.1 Å². The minimum absolute atomic E-state index is 0.0867. The molecule has 2 aromatic carbocycles. The second-order valence-corrected chi connectivity index (χ2v) is 17.4. The van der Waals surface area contributed by atoms with Crippen molar-refractivity contribution in [1.82, 2.24) is 29.6 Å². The van der Waals surface area contributed by atoms with Crippen molar-refractivity contribution in [3.05, 3.63) is 81.5 Å². The largest absolute Gasteiger partial charge is 0.496 e. The molecule has 4 aromatic rings. The highest BCUT2D eigenvalue weighted by Crippen LogP contribution is 2.45. The summed E-state index contributed by atoms with van der Waals surface area (Å²) in [5.74, 6) is 0.156. The van der Waals surface area contributed by atoms with Gasteiger partial charge < -0.3 is 23.8 Å². The molecule has 1 unspecified atom stereocenters.